The molecule has 1 aromatic heterocycles. The number of esters is 1. The van der Waals surface area contributed by atoms with Crippen LogP contribution >= 0.6 is 0 Å². The maximum atomic E-state index is 12.9. The summed E-state index contributed by atoms with van der Waals surface area (Å²) < 4.78 is 31.6. The number of nitrogens with zero attached hydrogens (tertiary/aromatic N) is 3. The molecule has 17 heavy (non-hydrogen) atoms. The molecular weight excluding hydrogens is 232 g/mol. The largest absolute Gasteiger partial charge is 0.461 e. The van der Waals surface area contributed by atoms with Gasteiger partial charge >= 0.3 is 5.97 Å². The molecule has 1 heterocycles. The molecule has 0 radical (unpaired) electrons. The minimum atomic E-state index is -2.77. The second kappa shape index (κ2) is 4.77. The zero-order valence-electron chi connectivity index (χ0n) is 9.40. The Kier molecular flexibility index (Phi) is 3.35. The van der Waals surface area contributed by atoms with Crippen molar-refractivity contribution in [2.75, 3.05) is 6.61 Å². The smallest absolute Gasteiger partial charge is 0.361 e. The highest BCUT2D eigenvalue weighted by Gasteiger charge is 2.30. The maximum Gasteiger partial charge on any atom is 0.361 e. The van der Waals surface area contributed by atoms with E-state index < -0.39 is 18.1 Å². The van der Waals surface area contributed by atoms with Gasteiger partial charge in [-0.15, -0.1) is 5.10 Å². The van der Waals surface area contributed by atoms with E-state index in [0.29, 0.717) is 12.5 Å². The van der Waals surface area contributed by atoms with Crippen molar-refractivity contribution in [2.24, 2.45) is 5.92 Å². The molecule has 5 nitrogen and oxygen atoms in total. The lowest BCUT2D eigenvalue weighted by molar-refractivity contribution is 0.0506. The van der Waals surface area contributed by atoms with Crippen LogP contribution in [0.2, 0.25) is 0 Å². The lowest BCUT2D eigenvalue weighted by Crippen LogP contribution is -2.12. The summed E-state index contributed by atoms with van der Waals surface area (Å²) in [6.45, 7) is 2.12. The molecule has 1 saturated carbocycles. The Morgan fingerprint density at radius 1 is 1.59 bits per heavy atom. The molecule has 1 aliphatic rings. The van der Waals surface area contributed by atoms with Crippen LogP contribution in [0.1, 0.15) is 42.4 Å². The highest BCUT2D eigenvalue weighted by Crippen LogP contribution is 2.32. The number of aromatic nitrogens is 3. The first-order valence-corrected chi connectivity index (χ1v) is 5.52. The van der Waals surface area contributed by atoms with Crippen molar-refractivity contribution in [3.8, 4) is 0 Å². The number of hydrogen-bond donors (Lipinski definition) is 0. The third-order valence-corrected chi connectivity index (χ3v) is 2.58. The van der Waals surface area contributed by atoms with E-state index >= 15 is 0 Å². The molecule has 0 aliphatic heterocycles. The highest BCUT2D eigenvalue weighted by atomic mass is 19.3. The molecule has 1 aliphatic carbocycles. The van der Waals surface area contributed by atoms with Crippen LogP contribution in [0.4, 0.5) is 8.78 Å². The zero-order chi connectivity index (χ0) is 12.4. The first-order chi connectivity index (χ1) is 8.13. The van der Waals surface area contributed by atoms with Crippen LogP contribution in [-0.4, -0.2) is 27.6 Å². The monoisotopic (exact) mass is 245 g/mol. The SMILES string of the molecule is CCOC(=O)c1nnn(CC2CC2)c1C(F)F. The average molecular weight is 245 g/mol. The minimum absolute atomic E-state index is 0.122. The fourth-order valence-electron chi connectivity index (χ4n) is 1.56. The van der Waals surface area contributed by atoms with E-state index in [1.54, 1.807) is 6.92 Å². The van der Waals surface area contributed by atoms with Crippen LogP contribution < -0.4 is 0 Å². The first kappa shape index (κ1) is 11.9. The summed E-state index contributed by atoms with van der Waals surface area (Å²) in [7, 11) is 0. The number of carbonyl (C=O) groups excluding carboxylic acids is 1. The van der Waals surface area contributed by atoms with Gasteiger partial charge in [0.2, 0.25) is 0 Å². The minimum Gasteiger partial charge on any atom is -0.461 e. The fourth-order valence-corrected chi connectivity index (χ4v) is 1.56. The number of halogens is 2. The van der Waals surface area contributed by atoms with Gasteiger partial charge in [0, 0.05) is 6.54 Å². The van der Waals surface area contributed by atoms with E-state index in [0.717, 1.165) is 17.5 Å². The van der Waals surface area contributed by atoms with E-state index in [4.69, 9.17) is 0 Å². The van der Waals surface area contributed by atoms with Crippen molar-refractivity contribution < 1.29 is 18.3 Å². The lowest BCUT2D eigenvalue weighted by Gasteiger charge is -2.05. The predicted octanol–water partition coefficient (Wildman–Crippen LogP) is 1.80. The van der Waals surface area contributed by atoms with Crippen molar-refractivity contribution in [2.45, 2.75) is 32.7 Å². The molecule has 0 aromatic carbocycles. The quantitative estimate of drug-likeness (QED) is 0.742. The van der Waals surface area contributed by atoms with Gasteiger partial charge in [0.15, 0.2) is 5.69 Å². The Balaban J connectivity index is 2.24. The zero-order valence-corrected chi connectivity index (χ0v) is 9.40. The van der Waals surface area contributed by atoms with Crippen molar-refractivity contribution in [1.29, 1.82) is 0 Å². The molecule has 0 atom stereocenters. The molecule has 0 bridgehead atoms. The second-order valence-corrected chi connectivity index (χ2v) is 3.97. The average Bonchev–Trinajstić information content (AvgIpc) is 2.95. The third-order valence-electron chi connectivity index (χ3n) is 2.58. The summed E-state index contributed by atoms with van der Waals surface area (Å²) in [5.41, 5.74) is -0.808. The predicted molar refractivity (Wildman–Crippen MR) is 53.7 cm³/mol. The standard InChI is InChI=1S/C10H13F2N3O2/c1-2-17-10(16)7-8(9(11)12)15(14-13-7)5-6-3-4-6/h6,9H,2-5H2,1H3. The van der Waals surface area contributed by atoms with Crippen LogP contribution in [0, 0.1) is 5.92 Å². The maximum absolute atomic E-state index is 12.9. The Labute approximate surface area is 96.7 Å². The highest BCUT2D eigenvalue weighted by molar-refractivity contribution is 5.88. The van der Waals surface area contributed by atoms with Gasteiger partial charge in [-0.25, -0.2) is 18.3 Å². The van der Waals surface area contributed by atoms with E-state index in [-0.39, 0.29) is 12.3 Å². The van der Waals surface area contributed by atoms with Gasteiger partial charge < -0.3 is 4.74 Å². The number of ether oxygens (including phenoxy) is 1. The Morgan fingerprint density at radius 2 is 2.29 bits per heavy atom. The summed E-state index contributed by atoms with van der Waals surface area (Å²) in [6.07, 6.45) is -0.752. The number of rotatable bonds is 5. The summed E-state index contributed by atoms with van der Waals surface area (Å²) in [4.78, 5) is 11.4. The summed E-state index contributed by atoms with van der Waals surface area (Å²) >= 11 is 0. The molecule has 0 N–H and O–H groups in total. The molecule has 7 heteroatoms. The molecule has 0 amide bonds. The van der Waals surface area contributed by atoms with Crippen molar-refractivity contribution >= 4 is 5.97 Å². The topological polar surface area (TPSA) is 57.0 Å². The van der Waals surface area contributed by atoms with Crippen LogP contribution in [-0.2, 0) is 11.3 Å². The van der Waals surface area contributed by atoms with Crippen molar-refractivity contribution in [3.05, 3.63) is 11.4 Å². The van der Waals surface area contributed by atoms with Gasteiger partial charge in [0.25, 0.3) is 6.43 Å². The number of carbonyl (C=O) groups is 1. The Bertz CT molecular complexity index is 416. The van der Waals surface area contributed by atoms with E-state index in [2.05, 4.69) is 15.0 Å². The fraction of sp³-hybridized carbons (Fsp3) is 0.700. The summed E-state index contributed by atoms with van der Waals surface area (Å²) in [5, 5.41) is 7.10. The van der Waals surface area contributed by atoms with Crippen LogP contribution in [0.3, 0.4) is 0 Å². The normalized spacial score (nSPS) is 15.3. The molecule has 0 saturated heterocycles. The molecule has 94 valence electrons. The van der Waals surface area contributed by atoms with Gasteiger partial charge in [-0.05, 0) is 25.7 Å². The molecular formula is C10H13F2N3O2. The van der Waals surface area contributed by atoms with Crippen LogP contribution in [0.15, 0.2) is 0 Å². The van der Waals surface area contributed by atoms with Gasteiger partial charge in [-0.1, -0.05) is 5.21 Å². The molecule has 1 aromatic rings. The summed E-state index contributed by atoms with van der Waals surface area (Å²) in [6, 6.07) is 0. The second-order valence-electron chi connectivity index (χ2n) is 3.97. The lowest BCUT2D eigenvalue weighted by atomic mass is 10.3. The van der Waals surface area contributed by atoms with Crippen LogP contribution in [0.5, 0.6) is 0 Å². The number of hydrogen-bond acceptors (Lipinski definition) is 4. The summed E-state index contributed by atoms with van der Waals surface area (Å²) in [5.74, 6) is -0.464. The number of alkyl halides is 2. The van der Waals surface area contributed by atoms with Gasteiger partial charge in [0.1, 0.15) is 5.69 Å². The molecule has 0 unspecified atom stereocenters. The van der Waals surface area contributed by atoms with Gasteiger partial charge in [-0.3, -0.25) is 0 Å². The van der Waals surface area contributed by atoms with E-state index in [9.17, 15) is 13.6 Å². The van der Waals surface area contributed by atoms with Crippen molar-refractivity contribution in [1.82, 2.24) is 15.0 Å². The third kappa shape index (κ3) is 2.59. The Hall–Kier alpha value is -1.53. The molecule has 0 spiro atoms. The van der Waals surface area contributed by atoms with Gasteiger partial charge in [-0.2, -0.15) is 0 Å². The van der Waals surface area contributed by atoms with E-state index in [1.807, 2.05) is 0 Å². The van der Waals surface area contributed by atoms with Crippen LogP contribution in [0.25, 0.3) is 0 Å². The molecule has 1 fully saturated rings. The Morgan fingerprint density at radius 3 is 2.82 bits per heavy atom. The van der Waals surface area contributed by atoms with Gasteiger partial charge in [0.05, 0.1) is 6.61 Å². The molecule has 2 rings (SSSR count). The van der Waals surface area contributed by atoms with Crippen molar-refractivity contribution in [3.63, 3.8) is 0 Å². The van der Waals surface area contributed by atoms with E-state index in [1.165, 1.54) is 0 Å². The first-order valence-electron chi connectivity index (χ1n) is 5.52.